The number of benzene rings is 1. The van der Waals surface area contributed by atoms with Crippen LogP contribution >= 0.6 is 0 Å². The van der Waals surface area contributed by atoms with E-state index in [2.05, 4.69) is 21.4 Å². The lowest BCUT2D eigenvalue weighted by Gasteiger charge is -2.39. The maximum absolute atomic E-state index is 13.3. The Balaban J connectivity index is 0.000000244. The Morgan fingerprint density at radius 2 is 1.51 bits per heavy atom. The molecule has 2 aliphatic rings. The van der Waals surface area contributed by atoms with E-state index in [-0.39, 0.29) is 61.6 Å². The number of para-hydroxylation sites is 1. The Morgan fingerprint density at radius 1 is 0.898 bits per heavy atom. The highest BCUT2D eigenvalue weighted by Crippen LogP contribution is 2.32. The lowest BCUT2D eigenvalue weighted by molar-refractivity contribution is 0.0191. The quantitative estimate of drug-likeness (QED) is 0.269. The van der Waals surface area contributed by atoms with Crippen molar-refractivity contribution in [2.75, 3.05) is 47.1 Å². The molecule has 4 heterocycles. The SMILES string of the molecule is CCOc1ccccc1C(=O)N1C[C@H](Oc2nccc(C#N)c2OC)CC[C@H]1CO.COc1c(C#N)ccnc1O[C@@H]1CC[C@@H](CO)NC1. The first kappa shape index (κ1) is 36.7. The summed E-state index contributed by atoms with van der Waals surface area (Å²) in [5.41, 5.74) is 1.18. The number of amides is 1. The van der Waals surface area contributed by atoms with E-state index in [9.17, 15) is 15.2 Å². The zero-order valence-corrected chi connectivity index (χ0v) is 27.9. The number of nitriles is 2. The van der Waals surface area contributed by atoms with Crippen LogP contribution in [0.1, 0.15) is 54.1 Å². The summed E-state index contributed by atoms with van der Waals surface area (Å²) in [5, 5.41) is 40.3. The van der Waals surface area contributed by atoms with E-state index < -0.39 is 0 Å². The second-order valence-corrected chi connectivity index (χ2v) is 11.3. The minimum absolute atomic E-state index is 0.0295. The number of nitrogens with one attached hydrogen (secondary N) is 1. The number of methoxy groups -OCH3 is 2. The van der Waals surface area contributed by atoms with Crippen LogP contribution in [0, 0.1) is 22.7 Å². The molecule has 14 nitrogen and oxygen atoms in total. The van der Waals surface area contributed by atoms with Gasteiger partial charge in [-0.1, -0.05) is 12.1 Å². The second kappa shape index (κ2) is 18.4. The molecule has 0 aliphatic carbocycles. The number of piperidine rings is 2. The third-order valence-electron chi connectivity index (χ3n) is 8.19. The van der Waals surface area contributed by atoms with Gasteiger partial charge in [0.1, 0.15) is 41.2 Å². The fraction of sp³-hybridized carbons (Fsp3) is 0.457. The molecule has 3 aromatic rings. The van der Waals surface area contributed by atoms with Gasteiger partial charge in [-0.25, -0.2) is 9.97 Å². The average Bonchev–Trinajstić information content (AvgIpc) is 3.15. The minimum atomic E-state index is -0.355. The Hall–Kier alpha value is -5.15. The summed E-state index contributed by atoms with van der Waals surface area (Å²) in [5.74, 6) is 1.48. The fourth-order valence-electron chi connectivity index (χ4n) is 5.67. The van der Waals surface area contributed by atoms with Crippen LogP contribution in [0.2, 0.25) is 0 Å². The Morgan fingerprint density at radius 3 is 2.04 bits per heavy atom. The van der Waals surface area contributed by atoms with Crippen LogP contribution in [0.15, 0.2) is 48.8 Å². The van der Waals surface area contributed by atoms with Crippen LogP contribution in [0.25, 0.3) is 0 Å². The molecule has 0 bridgehead atoms. The van der Waals surface area contributed by atoms with E-state index in [0.29, 0.717) is 60.1 Å². The summed E-state index contributed by atoms with van der Waals surface area (Å²) in [6.45, 7) is 3.22. The Bertz CT molecular complexity index is 1620. The van der Waals surface area contributed by atoms with E-state index in [1.54, 1.807) is 35.2 Å². The number of carbonyl (C=O) groups is 1. The first-order chi connectivity index (χ1) is 23.9. The van der Waals surface area contributed by atoms with Gasteiger partial charge >= 0.3 is 0 Å². The average molecular weight is 675 g/mol. The Labute approximate surface area is 285 Å². The van der Waals surface area contributed by atoms with Crippen LogP contribution in [0.5, 0.6) is 29.0 Å². The molecule has 5 rings (SSSR count). The van der Waals surface area contributed by atoms with Gasteiger partial charge in [-0.3, -0.25) is 4.79 Å². The maximum Gasteiger partial charge on any atom is 0.258 e. The molecule has 14 heteroatoms. The van der Waals surface area contributed by atoms with E-state index in [1.165, 1.54) is 26.6 Å². The van der Waals surface area contributed by atoms with E-state index >= 15 is 0 Å². The number of carbonyl (C=O) groups excluding carboxylic acids is 1. The lowest BCUT2D eigenvalue weighted by atomic mass is 9.99. The number of aliphatic hydroxyl groups excluding tert-OH is 2. The summed E-state index contributed by atoms with van der Waals surface area (Å²) in [4.78, 5) is 23.2. The standard InChI is InChI=1S/C22H25N3O5.C13H17N3O3/c1-3-29-19-7-5-4-6-18(19)22(27)25-13-17(9-8-16(25)14-26)30-21-20(28-2)15(12-23)10-11-24-21;1-18-12-9(6-14)4-5-15-13(12)19-11-3-2-10(8-17)16-7-11/h4-7,10-11,16-17,26H,3,8-9,13-14H2,1-2H3;4-5,10-11,16-17H,2-3,7-8H2,1H3/t16-,17+;10-,11+/m00/s1. The first-order valence-electron chi connectivity index (χ1n) is 16.1. The summed E-state index contributed by atoms with van der Waals surface area (Å²) in [6.07, 6.45) is 5.51. The molecule has 2 aliphatic heterocycles. The molecule has 1 amide bonds. The van der Waals surface area contributed by atoms with Crippen molar-refractivity contribution in [2.45, 2.75) is 56.9 Å². The normalized spacial score (nSPS) is 20.0. The molecule has 0 spiro atoms. The molecular weight excluding hydrogens is 632 g/mol. The number of nitrogens with zero attached hydrogens (tertiary/aromatic N) is 5. The number of aromatic nitrogens is 2. The minimum Gasteiger partial charge on any atom is -0.493 e. The largest absolute Gasteiger partial charge is 0.493 e. The molecule has 1 aromatic carbocycles. The summed E-state index contributed by atoms with van der Waals surface area (Å²) in [6, 6.07) is 14.1. The van der Waals surface area contributed by atoms with E-state index in [0.717, 1.165) is 12.8 Å². The summed E-state index contributed by atoms with van der Waals surface area (Å²) < 4.78 is 27.9. The highest BCUT2D eigenvalue weighted by Gasteiger charge is 2.34. The van der Waals surface area contributed by atoms with Crippen molar-refractivity contribution in [3.05, 3.63) is 65.5 Å². The zero-order valence-electron chi connectivity index (χ0n) is 27.9. The predicted octanol–water partition coefficient (Wildman–Crippen LogP) is 2.86. The van der Waals surface area contributed by atoms with Crippen molar-refractivity contribution in [2.24, 2.45) is 0 Å². The summed E-state index contributed by atoms with van der Waals surface area (Å²) >= 11 is 0. The van der Waals surface area contributed by atoms with Crippen molar-refractivity contribution in [3.63, 3.8) is 0 Å². The fourth-order valence-corrected chi connectivity index (χ4v) is 5.67. The van der Waals surface area contributed by atoms with Crippen LogP contribution in [0.3, 0.4) is 0 Å². The maximum atomic E-state index is 13.3. The van der Waals surface area contributed by atoms with Crippen LogP contribution < -0.4 is 29.0 Å². The van der Waals surface area contributed by atoms with Gasteiger partial charge in [0.15, 0.2) is 11.5 Å². The van der Waals surface area contributed by atoms with Gasteiger partial charge in [0.2, 0.25) is 0 Å². The van der Waals surface area contributed by atoms with Gasteiger partial charge in [0, 0.05) is 25.0 Å². The summed E-state index contributed by atoms with van der Waals surface area (Å²) in [7, 11) is 2.94. The number of pyridine rings is 2. The highest BCUT2D eigenvalue weighted by atomic mass is 16.5. The van der Waals surface area contributed by atoms with Crippen molar-refractivity contribution in [1.29, 1.82) is 10.5 Å². The molecule has 260 valence electrons. The van der Waals surface area contributed by atoms with Crippen molar-refractivity contribution < 1.29 is 38.7 Å². The van der Waals surface area contributed by atoms with Gasteiger partial charge in [-0.2, -0.15) is 10.5 Å². The molecule has 0 saturated carbocycles. The molecule has 2 saturated heterocycles. The molecule has 3 N–H and O–H groups in total. The number of hydrogen-bond donors (Lipinski definition) is 3. The second-order valence-electron chi connectivity index (χ2n) is 11.3. The van der Waals surface area contributed by atoms with Gasteiger partial charge in [0.05, 0.1) is 52.2 Å². The highest BCUT2D eigenvalue weighted by molar-refractivity contribution is 5.97. The number of ether oxygens (including phenoxy) is 5. The molecule has 4 atom stereocenters. The van der Waals surface area contributed by atoms with Gasteiger partial charge in [0.25, 0.3) is 17.7 Å². The third kappa shape index (κ3) is 9.27. The molecule has 49 heavy (non-hydrogen) atoms. The van der Waals surface area contributed by atoms with Gasteiger partial charge in [-0.05, 0) is 56.9 Å². The predicted molar refractivity (Wildman–Crippen MR) is 177 cm³/mol. The van der Waals surface area contributed by atoms with Gasteiger partial charge in [-0.15, -0.1) is 0 Å². The van der Waals surface area contributed by atoms with Crippen LogP contribution in [-0.4, -0.2) is 102 Å². The van der Waals surface area contributed by atoms with E-state index in [1.807, 2.05) is 19.1 Å². The number of hydrogen-bond acceptors (Lipinski definition) is 13. The van der Waals surface area contributed by atoms with Crippen LogP contribution in [0.4, 0.5) is 0 Å². The van der Waals surface area contributed by atoms with E-state index in [4.69, 9.17) is 34.1 Å². The topological polar surface area (TPSA) is 192 Å². The molecule has 2 fully saturated rings. The zero-order chi connectivity index (χ0) is 35.2. The molecule has 0 radical (unpaired) electrons. The first-order valence-corrected chi connectivity index (χ1v) is 16.1. The number of rotatable bonds is 11. The molecule has 2 aromatic heterocycles. The number of likely N-dealkylation sites (tertiary alicyclic amines) is 1. The van der Waals surface area contributed by atoms with Crippen LogP contribution in [-0.2, 0) is 0 Å². The van der Waals surface area contributed by atoms with Crippen molar-refractivity contribution in [3.8, 4) is 41.1 Å². The monoisotopic (exact) mass is 674 g/mol. The Kier molecular flexibility index (Phi) is 13.8. The van der Waals surface area contributed by atoms with Crippen molar-refractivity contribution in [1.82, 2.24) is 20.2 Å². The number of aliphatic hydroxyl groups is 2. The van der Waals surface area contributed by atoms with Gasteiger partial charge < -0.3 is 44.1 Å². The third-order valence-corrected chi connectivity index (χ3v) is 8.19. The molecule has 0 unspecified atom stereocenters. The van der Waals surface area contributed by atoms with Crippen molar-refractivity contribution >= 4 is 5.91 Å². The molecular formula is C35H42N6O8. The smallest absolute Gasteiger partial charge is 0.258 e. The lowest BCUT2D eigenvalue weighted by Crippen LogP contribution is -2.51.